The van der Waals surface area contributed by atoms with Crippen molar-refractivity contribution in [2.75, 3.05) is 6.61 Å². The van der Waals surface area contributed by atoms with Crippen molar-refractivity contribution in [3.63, 3.8) is 0 Å². The molecule has 3 heteroatoms. The summed E-state index contributed by atoms with van der Waals surface area (Å²) in [7, 11) is 0. The fourth-order valence-electron chi connectivity index (χ4n) is 3.47. The topological polar surface area (TPSA) is 26.3 Å². The molecular formula is C24H42O2S. The summed E-state index contributed by atoms with van der Waals surface area (Å²) in [6.07, 6.45) is 24.6. The van der Waals surface area contributed by atoms with E-state index in [1.165, 1.54) is 114 Å². The van der Waals surface area contributed by atoms with Gasteiger partial charge in [0.15, 0.2) is 11.3 Å². The van der Waals surface area contributed by atoms with Gasteiger partial charge < -0.3 is 4.74 Å². The van der Waals surface area contributed by atoms with E-state index in [1.54, 1.807) is 0 Å². The Bertz CT molecular complexity index is 441. The van der Waals surface area contributed by atoms with Gasteiger partial charge in [-0.05, 0) is 18.6 Å². The van der Waals surface area contributed by atoms with Crippen LogP contribution < -0.4 is 4.74 Å². The van der Waals surface area contributed by atoms with Crippen LogP contribution in [0.2, 0.25) is 0 Å². The number of aldehydes is 1. The first kappa shape index (κ1) is 24.2. The van der Waals surface area contributed by atoms with Crippen molar-refractivity contribution in [1.29, 1.82) is 0 Å². The van der Waals surface area contributed by atoms with Crippen LogP contribution in [-0.2, 0) is 0 Å². The summed E-state index contributed by atoms with van der Waals surface area (Å²) < 4.78 is 5.67. The maximum Gasteiger partial charge on any atom is 0.174 e. The highest BCUT2D eigenvalue weighted by molar-refractivity contribution is 7.15. The van der Waals surface area contributed by atoms with Crippen LogP contribution in [-0.4, -0.2) is 12.9 Å². The number of unbranched alkanes of at least 4 members (excludes halogenated alkanes) is 16. The number of thiophene rings is 1. The molecule has 0 aliphatic heterocycles. The van der Waals surface area contributed by atoms with Gasteiger partial charge in [-0.3, -0.25) is 4.79 Å². The second kappa shape index (κ2) is 18.5. The molecule has 0 saturated heterocycles. The monoisotopic (exact) mass is 394 g/mol. The Morgan fingerprint density at radius 2 is 1.15 bits per heavy atom. The zero-order chi connectivity index (χ0) is 19.4. The number of carbonyl (C=O) groups is 1. The summed E-state index contributed by atoms with van der Waals surface area (Å²) in [6.45, 7) is 3.06. The average molecular weight is 395 g/mol. The van der Waals surface area contributed by atoms with Crippen molar-refractivity contribution in [2.45, 2.75) is 116 Å². The molecule has 0 saturated carbocycles. The van der Waals surface area contributed by atoms with E-state index in [0.29, 0.717) is 0 Å². The minimum absolute atomic E-state index is 0.743. The highest BCUT2D eigenvalue weighted by Gasteiger charge is 1.99. The maximum atomic E-state index is 10.6. The smallest absolute Gasteiger partial charge is 0.174 e. The van der Waals surface area contributed by atoms with Crippen molar-refractivity contribution < 1.29 is 9.53 Å². The van der Waals surface area contributed by atoms with Crippen LogP contribution in [0.25, 0.3) is 0 Å². The molecule has 2 nitrogen and oxygen atoms in total. The van der Waals surface area contributed by atoms with E-state index >= 15 is 0 Å². The fraction of sp³-hybridized carbons (Fsp3) is 0.792. The van der Waals surface area contributed by atoms with Gasteiger partial charge in [0.2, 0.25) is 0 Å². The van der Waals surface area contributed by atoms with Gasteiger partial charge in [-0.2, -0.15) is 0 Å². The van der Waals surface area contributed by atoms with Crippen LogP contribution in [0.15, 0.2) is 12.1 Å². The SMILES string of the molecule is CCCCCCCCCCCCCCCCCCCOc1ccc(C=O)s1. The van der Waals surface area contributed by atoms with Crippen LogP contribution in [0.5, 0.6) is 5.06 Å². The average Bonchev–Trinajstić information content (AvgIpc) is 3.15. The van der Waals surface area contributed by atoms with Crippen LogP contribution in [0, 0.1) is 0 Å². The Kier molecular flexibility index (Phi) is 16.6. The molecular weight excluding hydrogens is 352 g/mol. The molecule has 0 unspecified atom stereocenters. The molecule has 0 aliphatic rings. The minimum atomic E-state index is 0.743. The highest BCUT2D eigenvalue weighted by Crippen LogP contribution is 2.23. The Morgan fingerprint density at radius 3 is 1.56 bits per heavy atom. The van der Waals surface area contributed by atoms with Crippen molar-refractivity contribution >= 4 is 17.6 Å². The molecule has 0 aromatic carbocycles. The lowest BCUT2D eigenvalue weighted by molar-refractivity contribution is 0.112. The zero-order valence-electron chi connectivity index (χ0n) is 17.7. The second-order valence-corrected chi connectivity index (χ2v) is 8.86. The number of ether oxygens (including phenoxy) is 1. The third kappa shape index (κ3) is 14.8. The summed E-state index contributed by atoms with van der Waals surface area (Å²) in [5.41, 5.74) is 0. The molecule has 0 fully saturated rings. The number of rotatable bonds is 20. The lowest BCUT2D eigenvalue weighted by Gasteiger charge is -2.04. The normalized spacial score (nSPS) is 11.0. The summed E-state index contributed by atoms with van der Waals surface area (Å²) in [4.78, 5) is 11.4. The quantitative estimate of drug-likeness (QED) is 0.163. The predicted molar refractivity (Wildman–Crippen MR) is 119 cm³/mol. The molecule has 0 atom stereocenters. The Hall–Kier alpha value is -0.830. The second-order valence-electron chi connectivity index (χ2n) is 7.78. The van der Waals surface area contributed by atoms with Gasteiger partial charge >= 0.3 is 0 Å². The fourth-order valence-corrected chi connectivity index (χ4v) is 4.17. The van der Waals surface area contributed by atoms with Crippen molar-refractivity contribution in [2.24, 2.45) is 0 Å². The molecule has 0 amide bonds. The van der Waals surface area contributed by atoms with E-state index in [4.69, 9.17) is 4.74 Å². The Balaban J connectivity index is 1.71. The van der Waals surface area contributed by atoms with E-state index in [1.807, 2.05) is 12.1 Å². The molecule has 156 valence electrons. The largest absolute Gasteiger partial charge is 0.484 e. The van der Waals surface area contributed by atoms with Gasteiger partial charge in [-0.1, -0.05) is 121 Å². The van der Waals surface area contributed by atoms with Crippen LogP contribution in [0.3, 0.4) is 0 Å². The number of hydrogen-bond donors (Lipinski definition) is 0. The van der Waals surface area contributed by atoms with E-state index in [2.05, 4.69) is 6.92 Å². The maximum absolute atomic E-state index is 10.6. The molecule has 0 aliphatic carbocycles. The zero-order valence-corrected chi connectivity index (χ0v) is 18.5. The first-order chi connectivity index (χ1) is 13.4. The van der Waals surface area contributed by atoms with Gasteiger partial charge in [0.1, 0.15) is 0 Å². The molecule has 27 heavy (non-hydrogen) atoms. The van der Waals surface area contributed by atoms with E-state index in [0.717, 1.165) is 29.3 Å². The molecule has 1 aromatic heterocycles. The Morgan fingerprint density at radius 1 is 0.704 bits per heavy atom. The van der Waals surface area contributed by atoms with Gasteiger partial charge in [-0.25, -0.2) is 0 Å². The van der Waals surface area contributed by atoms with E-state index < -0.39 is 0 Å². The highest BCUT2D eigenvalue weighted by atomic mass is 32.1. The first-order valence-electron chi connectivity index (χ1n) is 11.5. The summed E-state index contributed by atoms with van der Waals surface area (Å²) in [5, 5.41) is 0.869. The third-order valence-electron chi connectivity index (χ3n) is 5.21. The van der Waals surface area contributed by atoms with Gasteiger partial charge in [-0.15, -0.1) is 0 Å². The van der Waals surface area contributed by atoms with Gasteiger partial charge in [0, 0.05) is 0 Å². The summed E-state index contributed by atoms with van der Waals surface area (Å²) in [5.74, 6) is 0. The van der Waals surface area contributed by atoms with Crippen molar-refractivity contribution in [3.8, 4) is 5.06 Å². The standard InChI is InChI=1S/C24H42O2S/c1-2-3-4-5-6-7-8-9-10-11-12-13-14-15-16-17-18-21-26-24-20-19-23(22-25)27-24/h19-20,22H,2-18,21H2,1H3. The van der Waals surface area contributed by atoms with Crippen molar-refractivity contribution in [3.05, 3.63) is 17.0 Å². The molecule has 1 heterocycles. The van der Waals surface area contributed by atoms with Crippen LogP contribution in [0.4, 0.5) is 0 Å². The molecule has 1 rings (SSSR count). The van der Waals surface area contributed by atoms with Crippen LogP contribution >= 0.6 is 11.3 Å². The van der Waals surface area contributed by atoms with Crippen LogP contribution in [0.1, 0.15) is 126 Å². The van der Waals surface area contributed by atoms with E-state index in [-0.39, 0.29) is 0 Å². The molecule has 0 bridgehead atoms. The van der Waals surface area contributed by atoms with Gasteiger partial charge in [0.05, 0.1) is 11.5 Å². The molecule has 0 N–H and O–H groups in total. The summed E-state index contributed by atoms with van der Waals surface area (Å²) in [6, 6.07) is 3.71. The molecule has 0 radical (unpaired) electrons. The lowest BCUT2D eigenvalue weighted by Crippen LogP contribution is -1.95. The van der Waals surface area contributed by atoms with Crippen molar-refractivity contribution in [1.82, 2.24) is 0 Å². The number of carbonyl (C=O) groups excluding carboxylic acids is 1. The number of hydrogen-bond acceptors (Lipinski definition) is 3. The third-order valence-corrected chi connectivity index (χ3v) is 6.13. The Labute approximate surface area is 172 Å². The molecule has 1 aromatic rings. The van der Waals surface area contributed by atoms with Gasteiger partial charge in [0.25, 0.3) is 0 Å². The first-order valence-corrected chi connectivity index (χ1v) is 12.4. The lowest BCUT2D eigenvalue weighted by atomic mass is 10.0. The molecule has 0 spiro atoms. The summed E-state index contributed by atoms with van der Waals surface area (Å²) >= 11 is 1.43. The van der Waals surface area contributed by atoms with E-state index in [9.17, 15) is 4.79 Å². The minimum Gasteiger partial charge on any atom is -0.484 e. The predicted octanol–water partition coefficient (Wildman–Crippen LogP) is 8.59.